The second-order valence-electron chi connectivity index (χ2n) is 6.45. The molecule has 1 saturated heterocycles. The highest BCUT2D eigenvalue weighted by Crippen LogP contribution is 2.35. The Balaban J connectivity index is 1.55. The highest BCUT2D eigenvalue weighted by molar-refractivity contribution is 9.10. The van der Waals surface area contributed by atoms with Crippen LogP contribution in [-0.4, -0.2) is 27.1 Å². The molecule has 1 aliphatic rings. The number of imide groups is 1. The monoisotopic (exact) mass is 483 g/mol. The Bertz CT molecular complexity index is 1200. The summed E-state index contributed by atoms with van der Waals surface area (Å²) in [4.78, 5) is 37.7. The maximum Gasteiger partial charge on any atom is 0.335 e. The highest BCUT2D eigenvalue weighted by Gasteiger charge is 2.35. The van der Waals surface area contributed by atoms with Gasteiger partial charge in [-0.25, -0.2) is 4.79 Å². The fourth-order valence-corrected chi connectivity index (χ4v) is 4.18. The Labute approximate surface area is 184 Å². The smallest absolute Gasteiger partial charge is 0.335 e. The van der Waals surface area contributed by atoms with Gasteiger partial charge in [-0.05, 0) is 47.7 Å². The number of aromatic carboxylic acids is 1. The number of halogens is 1. The van der Waals surface area contributed by atoms with Crippen LogP contribution in [0.4, 0.5) is 4.79 Å². The molecule has 0 radical (unpaired) electrons. The lowest BCUT2D eigenvalue weighted by Crippen LogP contribution is -2.27. The lowest BCUT2D eigenvalue weighted by atomic mass is 10.1. The molecular formula is C22H14BrNO5S. The molecule has 2 heterocycles. The molecule has 30 heavy (non-hydrogen) atoms. The normalized spacial score (nSPS) is 15.2. The number of benzene rings is 2. The number of furan rings is 1. The van der Waals surface area contributed by atoms with Crippen LogP contribution in [0.25, 0.3) is 17.4 Å². The first kappa shape index (κ1) is 20.2. The van der Waals surface area contributed by atoms with E-state index in [4.69, 9.17) is 9.52 Å². The molecule has 4 rings (SSSR count). The highest BCUT2D eigenvalue weighted by atomic mass is 79.9. The van der Waals surface area contributed by atoms with Crippen molar-refractivity contribution in [2.45, 2.75) is 6.54 Å². The first-order valence-corrected chi connectivity index (χ1v) is 10.5. The van der Waals surface area contributed by atoms with Gasteiger partial charge in [0.05, 0.1) is 17.0 Å². The van der Waals surface area contributed by atoms with Crippen molar-refractivity contribution in [3.8, 4) is 11.3 Å². The molecule has 1 aromatic heterocycles. The number of amides is 2. The number of carboxylic acid groups (broad SMARTS) is 1. The Hall–Kier alpha value is -3.10. The molecule has 1 N–H and O–H groups in total. The molecule has 150 valence electrons. The van der Waals surface area contributed by atoms with Gasteiger partial charge >= 0.3 is 5.97 Å². The quantitative estimate of drug-likeness (QED) is 0.472. The van der Waals surface area contributed by atoms with E-state index >= 15 is 0 Å². The molecule has 3 aromatic rings. The van der Waals surface area contributed by atoms with E-state index in [1.165, 1.54) is 23.1 Å². The maximum atomic E-state index is 12.7. The fraction of sp³-hybridized carbons (Fsp3) is 0.0455. The second kappa shape index (κ2) is 8.33. The second-order valence-corrected chi connectivity index (χ2v) is 8.29. The molecule has 2 aromatic carbocycles. The van der Waals surface area contributed by atoms with Crippen LogP contribution in [0.5, 0.6) is 0 Å². The largest absolute Gasteiger partial charge is 0.478 e. The number of carbonyl (C=O) groups excluding carboxylic acids is 2. The third-order valence-corrected chi connectivity index (χ3v) is 6.14. The van der Waals surface area contributed by atoms with Crippen LogP contribution in [0, 0.1) is 0 Å². The van der Waals surface area contributed by atoms with Crippen LogP contribution < -0.4 is 0 Å². The van der Waals surface area contributed by atoms with Crippen molar-refractivity contribution in [2.24, 2.45) is 0 Å². The van der Waals surface area contributed by atoms with Gasteiger partial charge in [0.25, 0.3) is 11.1 Å². The van der Waals surface area contributed by atoms with E-state index in [2.05, 4.69) is 15.9 Å². The standard InChI is InChI=1S/C22H14BrNO5S/c23-17-7-2-1-4-15(17)12-24-20(25)19(30-22(24)28)11-16-8-9-18(29-16)13-5-3-6-14(10-13)21(26)27/h1-11H,12H2,(H,26,27)/b19-11+. The minimum atomic E-state index is -1.03. The van der Waals surface area contributed by atoms with Crippen molar-refractivity contribution in [3.63, 3.8) is 0 Å². The van der Waals surface area contributed by atoms with Crippen LogP contribution in [0.2, 0.25) is 0 Å². The van der Waals surface area contributed by atoms with Crippen molar-refractivity contribution >= 4 is 50.9 Å². The van der Waals surface area contributed by atoms with Crippen LogP contribution in [0.3, 0.4) is 0 Å². The molecule has 0 unspecified atom stereocenters. The number of thioether (sulfide) groups is 1. The van der Waals surface area contributed by atoms with E-state index in [-0.39, 0.29) is 28.2 Å². The molecule has 0 aliphatic carbocycles. The average Bonchev–Trinajstić information content (AvgIpc) is 3.30. The van der Waals surface area contributed by atoms with E-state index in [0.717, 1.165) is 21.8 Å². The number of rotatable bonds is 5. The summed E-state index contributed by atoms with van der Waals surface area (Å²) < 4.78 is 6.58. The summed E-state index contributed by atoms with van der Waals surface area (Å²) in [5, 5.41) is 8.79. The van der Waals surface area contributed by atoms with Crippen LogP contribution in [0.15, 0.2) is 74.5 Å². The van der Waals surface area contributed by atoms with E-state index in [1.807, 2.05) is 24.3 Å². The molecule has 8 heteroatoms. The first-order valence-electron chi connectivity index (χ1n) is 8.85. The maximum absolute atomic E-state index is 12.7. The van der Waals surface area contributed by atoms with Gasteiger partial charge in [0.2, 0.25) is 0 Å². The van der Waals surface area contributed by atoms with E-state index < -0.39 is 5.97 Å². The summed E-state index contributed by atoms with van der Waals surface area (Å²) in [6.45, 7) is 0.175. The van der Waals surface area contributed by atoms with Gasteiger partial charge < -0.3 is 9.52 Å². The molecule has 0 spiro atoms. The molecule has 0 bridgehead atoms. The molecule has 2 amide bonds. The van der Waals surface area contributed by atoms with Gasteiger partial charge in [-0.3, -0.25) is 14.5 Å². The zero-order valence-corrected chi connectivity index (χ0v) is 17.8. The number of hydrogen-bond acceptors (Lipinski definition) is 5. The summed E-state index contributed by atoms with van der Waals surface area (Å²) in [6.07, 6.45) is 1.52. The number of carbonyl (C=O) groups is 3. The average molecular weight is 484 g/mol. The van der Waals surface area contributed by atoms with E-state index in [1.54, 1.807) is 24.3 Å². The van der Waals surface area contributed by atoms with Gasteiger partial charge in [0.1, 0.15) is 11.5 Å². The van der Waals surface area contributed by atoms with Crippen LogP contribution >= 0.6 is 27.7 Å². The van der Waals surface area contributed by atoms with Crippen molar-refractivity contribution in [1.29, 1.82) is 0 Å². The van der Waals surface area contributed by atoms with Gasteiger partial charge in [0.15, 0.2) is 0 Å². The number of nitrogens with zero attached hydrogens (tertiary/aromatic N) is 1. The first-order chi connectivity index (χ1) is 14.4. The Kier molecular flexibility index (Phi) is 5.61. The third kappa shape index (κ3) is 4.10. The van der Waals surface area contributed by atoms with Gasteiger partial charge in [-0.2, -0.15) is 0 Å². The number of hydrogen-bond donors (Lipinski definition) is 1. The zero-order chi connectivity index (χ0) is 21.3. The van der Waals surface area contributed by atoms with Crippen molar-refractivity contribution in [1.82, 2.24) is 4.90 Å². The summed E-state index contributed by atoms with van der Waals surface area (Å²) >= 11 is 4.29. The molecule has 6 nitrogen and oxygen atoms in total. The van der Waals surface area contributed by atoms with Gasteiger partial charge in [-0.1, -0.05) is 46.3 Å². The summed E-state index contributed by atoms with van der Waals surface area (Å²) in [7, 11) is 0. The van der Waals surface area contributed by atoms with Crippen molar-refractivity contribution < 1.29 is 23.9 Å². The number of carboxylic acids is 1. The lowest BCUT2D eigenvalue weighted by molar-refractivity contribution is -0.123. The molecule has 1 fully saturated rings. The fourth-order valence-electron chi connectivity index (χ4n) is 2.95. The van der Waals surface area contributed by atoms with E-state index in [9.17, 15) is 14.4 Å². The molecular weight excluding hydrogens is 470 g/mol. The predicted molar refractivity (Wildman–Crippen MR) is 117 cm³/mol. The van der Waals surface area contributed by atoms with Gasteiger partial charge in [0, 0.05) is 16.1 Å². The minimum absolute atomic E-state index is 0.152. The van der Waals surface area contributed by atoms with Gasteiger partial charge in [-0.15, -0.1) is 0 Å². The lowest BCUT2D eigenvalue weighted by Gasteiger charge is -2.13. The minimum Gasteiger partial charge on any atom is -0.478 e. The molecule has 0 atom stereocenters. The summed E-state index contributed by atoms with van der Waals surface area (Å²) in [5.41, 5.74) is 1.59. The van der Waals surface area contributed by atoms with Crippen molar-refractivity contribution in [3.05, 3.63) is 86.9 Å². The summed E-state index contributed by atoms with van der Waals surface area (Å²) in [6, 6.07) is 17.2. The predicted octanol–water partition coefficient (Wildman–Crippen LogP) is 5.64. The summed E-state index contributed by atoms with van der Waals surface area (Å²) in [5.74, 6) is -0.539. The Morgan fingerprint density at radius 2 is 1.90 bits per heavy atom. The van der Waals surface area contributed by atoms with Crippen LogP contribution in [-0.2, 0) is 11.3 Å². The topological polar surface area (TPSA) is 87.8 Å². The Morgan fingerprint density at radius 1 is 1.10 bits per heavy atom. The zero-order valence-electron chi connectivity index (χ0n) is 15.4. The van der Waals surface area contributed by atoms with Crippen LogP contribution in [0.1, 0.15) is 21.7 Å². The van der Waals surface area contributed by atoms with E-state index in [0.29, 0.717) is 17.1 Å². The Morgan fingerprint density at radius 3 is 2.67 bits per heavy atom. The van der Waals surface area contributed by atoms with Crippen molar-refractivity contribution in [2.75, 3.05) is 0 Å². The SMILES string of the molecule is O=C(O)c1cccc(-c2ccc(/C=C3/SC(=O)N(Cc4ccccc4Br)C3=O)o2)c1. The third-order valence-electron chi connectivity index (χ3n) is 4.45. The molecule has 1 aliphatic heterocycles. The molecule has 0 saturated carbocycles.